The van der Waals surface area contributed by atoms with Crippen LogP contribution in [0.5, 0.6) is 11.5 Å². The van der Waals surface area contributed by atoms with Gasteiger partial charge in [-0.05, 0) is 31.9 Å². The molecule has 1 atom stereocenters. The number of oxime groups is 1. The van der Waals surface area contributed by atoms with Gasteiger partial charge in [-0.15, -0.1) is 0 Å². The molecule has 0 saturated heterocycles. The number of ether oxygens (including phenoxy) is 2. The molecule has 0 aliphatic carbocycles. The zero-order valence-electron chi connectivity index (χ0n) is 14.9. The monoisotopic (exact) mass is 342 g/mol. The number of nitrogens with zero attached hydrogens (tertiary/aromatic N) is 4. The minimum absolute atomic E-state index is 0.245. The fourth-order valence-electron chi connectivity index (χ4n) is 3.20. The molecule has 1 aromatic heterocycles. The zero-order chi connectivity index (χ0) is 17.6. The van der Waals surface area contributed by atoms with Gasteiger partial charge in [-0.2, -0.15) is 5.10 Å². The van der Waals surface area contributed by atoms with Crippen molar-refractivity contribution >= 4 is 5.71 Å². The van der Waals surface area contributed by atoms with Crippen LogP contribution in [0.4, 0.5) is 0 Å². The van der Waals surface area contributed by atoms with Crippen molar-refractivity contribution in [2.45, 2.75) is 46.1 Å². The molecule has 25 heavy (non-hydrogen) atoms. The summed E-state index contributed by atoms with van der Waals surface area (Å²) in [4.78, 5) is 10.5. The molecule has 132 valence electrons. The minimum Gasteiger partial charge on any atom is -0.454 e. The van der Waals surface area contributed by atoms with Crippen LogP contribution in [0.2, 0.25) is 0 Å². The van der Waals surface area contributed by atoms with Gasteiger partial charge < -0.3 is 14.3 Å². The van der Waals surface area contributed by atoms with E-state index in [0.29, 0.717) is 18.1 Å². The Kier molecular flexibility index (Phi) is 3.67. The molecule has 0 bridgehead atoms. The van der Waals surface area contributed by atoms with Gasteiger partial charge in [0.25, 0.3) is 0 Å². The quantitative estimate of drug-likeness (QED) is 0.853. The van der Waals surface area contributed by atoms with Gasteiger partial charge in [0.15, 0.2) is 28.7 Å². The second kappa shape index (κ2) is 5.75. The lowest BCUT2D eigenvalue weighted by molar-refractivity contribution is -0.0160. The maximum atomic E-state index is 5.72. The Morgan fingerprint density at radius 2 is 2.04 bits per heavy atom. The normalized spacial score (nSPS) is 21.6. The number of hydrogen-bond donors (Lipinski definition) is 0. The molecule has 2 aliphatic rings. The van der Waals surface area contributed by atoms with E-state index in [0.717, 1.165) is 35.2 Å². The van der Waals surface area contributed by atoms with E-state index in [2.05, 4.69) is 19.0 Å². The Labute approximate surface area is 146 Å². The van der Waals surface area contributed by atoms with Gasteiger partial charge >= 0.3 is 0 Å². The molecule has 0 unspecified atom stereocenters. The van der Waals surface area contributed by atoms with Crippen LogP contribution in [0, 0.1) is 5.92 Å². The van der Waals surface area contributed by atoms with E-state index in [1.54, 1.807) is 0 Å². The van der Waals surface area contributed by atoms with Gasteiger partial charge in [-0.25, -0.2) is 9.67 Å². The zero-order valence-corrected chi connectivity index (χ0v) is 14.9. The summed E-state index contributed by atoms with van der Waals surface area (Å²) in [5, 5.41) is 8.86. The van der Waals surface area contributed by atoms with Gasteiger partial charge in [0.05, 0.1) is 11.4 Å². The lowest BCUT2D eigenvalue weighted by Gasteiger charge is -2.21. The number of hydrogen-bond acceptors (Lipinski definition) is 6. The third-order valence-corrected chi connectivity index (χ3v) is 4.31. The van der Waals surface area contributed by atoms with E-state index < -0.39 is 5.60 Å². The van der Waals surface area contributed by atoms with Crippen LogP contribution < -0.4 is 9.47 Å². The highest BCUT2D eigenvalue weighted by atomic mass is 16.7. The van der Waals surface area contributed by atoms with Crippen molar-refractivity contribution in [2.24, 2.45) is 11.1 Å². The third-order valence-electron chi connectivity index (χ3n) is 4.31. The molecular weight excluding hydrogens is 320 g/mol. The first-order valence-corrected chi connectivity index (χ1v) is 8.53. The maximum Gasteiger partial charge on any atom is 0.231 e. The molecular formula is C18H22N4O3. The lowest BCUT2D eigenvalue weighted by atomic mass is 9.99. The summed E-state index contributed by atoms with van der Waals surface area (Å²) < 4.78 is 12.7. The van der Waals surface area contributed by atoms with Crippen LogP contribution in [0.1, 0.15) is 45.8 Å². The summed E-state index contributed by atoms with van der Waals surface area (Å²) in [6.45, 7) is 8.51. The molecule has 0 spiro atoms. The number of fused-ring (bicyclic) bond motifs is 1. The highest BCUT2D eigenvalue weighted by Gasteiger charge is 2.40. The topological polar surface area (TPSA) is 70.8 Å². The Bertz CT molecular complexity index is 843. The van der Waals surface area contributed by atoms with Crippen LogP contribution in [-0.2, 0) is 16.9 Å². The van der Waals surface area contributed by atoms with Crippen LogP contribution in [0.25, 0.3) is 5.69 Å². The smallest absolute Gasteiger partial charge is 0.231 e. The Morgan fingerprint density at radius 1 is 1.24 bits per heavy atom. The summed E-state index contributed by atoms with van der Waals surface area (Å²) in [7, 11) is 0. The summed E-state index contributed by atoms with van der Waals surface area (Å²) in [5.74, 6) is 3.49. The first kappa shape index (κ1) is 15.9. The van der Waals surface area contributed by atoms with Gasteiger partial charge in [-0.3, -0.25) is 0 Å². The van der Waals surface area contributed by atoms with E-state index in [1.807, 2.05) is 36.7 Å². The molecule has 4 rings (SSSR count). The van der Waals surface area contributed by atoms with Gasteiger partial charge in [0.1, 0.15) is 0 Å². The molecule has 7 nitrogen and oxygen atoms in total. The van der Waals surface area contributed by atoms with Gasteiger partial charge in [-0.1, -0.05) is 19.0 Å². The predicted molar refractivity (Wildman–Crippen MR) is 92.2 cm³/mol. The molecule has 0 N–H and O–H groups in total. The first-order valence-electron chi connectivity index (χ1n) is 8.53. The number of benzene rings is 1. The molecule has 0 saturated carbocycles. The molecule has 0 fully saturated rings. The fraction of sp³-hybridized carbons (Fsp3) is 0.500. The largest absolute Gasteiger partial charge is 0.454 e. The average molecular weight is 342 g/mol. The molecule has 7 heteroatoms. The second-order valence-corrected chi connectivity index (χ2v) is 7.22. The van der Waals surface area contributed by atoms with Gasteiger partial charge in [0.2, 0.25) is 6.79 Å². The summed E-state index contributed by atoms with van der Waals surface area (Å²) in [6.07, 6.45) is 1.50. The second-order valence-electron chi connectivity index (χ2n) is 7.22. The van der Waals surface area contributed by atoms with Crippen molar-refractivity contribution in [3.63, 3.8) is 0 Å². The SMILES string of the molecule is CC1=NO[C@](C)(c2nc(CC(C)C)nn2-c2ccc3c(c2)OCO3)C1. The summed E-state index contributed by atoms with van der Waals surface area (Å²) in [6, 6.07) is 5.77. The Morgan fingerprint density at radius 3 is 2.76 bits per heavy atom. The minimum atomic E-state index is -0.622. The van der Waals surface area contributed by atoms with Crippen LogP contribution in [0.15, 0.2) is 23.4 Å². The highest BCUT2D eigenvalue weighted by Crippen LogP contribution is 2.37. The molecule has 3 heterocycles. The summed E-state index contributed by atoms with van der Waals surface area (Å²) >= 11 is 0. The predicted octanol–water partition coefficient (Wildman–Crippen LogP) is 3.21. The van der Waals surface area contributed by atoms with E-state index in [-0.39, 0.29) is 6.79 Å². The van der Waals surface area contributed by atoms with E-state index in [1.165, 1.54) is 0 Å². The highest BCUT2D eigenvalue weighted by molar-refractivity contribution is 5.83. The molecule has 2 aliphatic heterocycles. The van der Waals surface area contributed by atoms with Crippen molar-refractivity contribution in [1.82, 2.24) is 14.8 Å². The maximum absolute atomic E-state index is 5.72. The van der Waals surface area contributed by atoms with Gasteiger partial charge in [0, 0.05) is 18.9 Å². The van der Waals surface area contributed by atoms with E-state index in [9.17, 15) is 0 Å². The standard InChI is InChI=1S/C18H22N4O3/c1-11(2)7-16-19-17(18(4)9-12(3)21-25-18)22(20-16)13-5-6-14-15(8-13)24-10-23-14/h5-6,8,11H,7,9-10H2,1-4H3/t18-/m0/s1. The fourth-order valence-corrected chi connectivity index (χ4v) is 3.20. The third kappa shape index (κ3) is 2.83. The number of rotatable bonds is 4. The average Bonchev–Trinajstić information content (AvgIpc) is 3.25. The number of aromatic nitrogens is 3. The Hall–Kier alpha value is -2.57. The van der Waals surface area contributed by atoms with Crippen molar-refractivity contribution in [3.8, 4) is 17.2 Å². The van der Waals surface area contributed by atoms with Crippen LogP contribution in [-0.4, -0.2) is 27.3 Å². The van der Waals surface area contributed by atoms with E-state index in [4.69, 9.17) is 24.4 Å². The van der Waals surface area contributed by atoms with Crippen molar-refractivity contribution in [2.75, 3.05) is 6.79 Å². The van der Waals surface area contributed by atoms with Crippen molar-refractivity contribution < 1.29 is 14.3 Å². The summed E-state index contributed by atoms with van der Waals surface area (Å²) in [5.41, 5.74) is 1.20. The van der Waals surface area contributed by atoms with E-state index >= 15 is 0 Å². The molecule has 0 radical (unpaired) electrons. The van der Waals surface area contributed by atoms with Crippen LogP contribution >= 0.6 is 0 Å². The first-order chi connectivity index (χ1) is 11.9. The lowest BCUT2D eigenvalue weighted by Crippen LogP contribution is -2.26. The molecule has 0 amide bonds. The van der Waals surface area contributed by atoms with Crippen molar-refractivity contribution in [1.29, 1.82) is 0 Å². The van der Waals surface area contributed by atoms with Crippen LogP contribution in [0.3, 0.4) is 0 Å². The molecule has 1 aromatic carbocycles. The molecule has 2 aromatic rings. The van der Waals surface area contributed by atoms with Crippen molar-refractivity contribution in [3.05, 3.63) is 29.8 Å². The Balaban J connectivity index is 1.79.